The van der Waals surface area contributed by atoms with Crippen molar-refractivity contribution >= 4 is 5.97 Å². The minimum Gasteiger partial charge on any atom is -0.462 e. The van der Waals surface area contributed by atoms with Gasteiger partial charge in [0.2, 0.25) is 0 Å². The molecule has 0 fully saturated rings. The van der Waals surface area contributed by atoms with Crippen molar-refractivity contribution in [2.75, 3.05) is 19.7 Å². The van der Waals surface area contributed by atoms with E-state index < -0.39 is 0 Å². The predicted octanol–water partition coefficient (Wildman–Crippen LogP) is 1.77. The Hall–Kier alpha value is -1.88. The maximum absolute atomic E-state index is 11.8. The van der Waals surface area contributed by atoms with Crippen molar-refractivity contribution < 1.29 is 9.53 Å². The summed E-state index contributed by atoms with van der Waals surface area (Å²) in [5.41, 5.74) is 1.35. The maximum Gasteiger partial charge on any atom is 0.341 e. The molecule has 0 saturated heterocycles. The van der Waals surface area contributed by atoms with Crippen LogP contribution in [-0.4, -0.2) is 40.3 Å². The van der Waals surface area contributed by atoms with Gasteiger partial charge in [-0.25, -0.2) is 4.79 Å². The number of aryl methyl sites for hydroxylation is 1. The molecular weight excluding hydrogens is 242 g/mol. The van der Waals surface area contributed by atoms with E-state index in [0.717, 1.165) is 18.8 Å². The van der Waals surface area contributed by atoms with E-state index in [-0.39, 0.29) is 5.97 Å². The molecule has 0 saturated carbocycles. The van der Waals surface area contributed by atoms with Crippen LogP contribution in [0.5, 0.6) is 0 Å². The Balaban J connectivity index is 2.91. The molecule has 0 bridgehead atoms. The van der Waals surface area contributed by atoms with Gasteiger partial charge in [-0.1, -0.05) is 12.2 Å². The molecular formula is C14H21N3O2. The Morgan fingerprint density at radius 1 is 1.47 bits per heavy atom. The first-order chi connectivity index (χ1) is 9.13. The molecule has 5 heteroatoms. The summed E-state index contributed by atoms with van der Waals surface area (Å²) in [5.74, 6) is -0.331. The van der Waals surface area contributed by atoms with Crippen LogP contribution < -0.4 is 0 Å². The number of carbonyl (C=O) groups is 1. The summed E-state index contributed by atoms with van der Waals surface area (Å²) in [6.07, 6.45) is 5.20. The molecule has 1 aromatic rings. The fourth-order valence-corrected chi connectivity index (χ4v) is 1.81. The van der Waals surface area contributed by atoms with E-state index in [1.807, 2.05) is 19.2 Å². The van der Waals surface area contributed by atoms with Crippen molar-refractivity contribution in [2.45, 2.75) is 13.5 Å². The molecule has 0 aliphatic heterocycles. The van der Waals surface area contributed by atoms with Gasteiger partial charge >= 0.3 is 5.97 Å². The first kappa shape index (κ1) is 15.2. The largest absolute Gasteiger partial charge is 0.462 e. The summed E-state index contributed by atoms with van der Waals surface area (Å²) in [5, 5.41) is 4.13. The summed E-state index contributed by atoms with van der Waals surface area (Å²) in [4.78, 5) is 14.0. The first-order valence-corrected chi connectivity index (χ1v) is 6.26. The maximum atomic E-state index is 11.8. The van der Waals surface area contributed by atoms with Crippen molar-refractivity contribution in [1.29, 1.82) is 0 Å². The summed E-state index contributed by atoms with van der Waals surface area (Å²) in [6, 6.07) is 0. The van der Waals surface area contributed by atoms with E-state index in [1.165, 1.54) is 0 Å². The molecule has 0 N–H and O–H groups in total. The fraction of sp³-hybridized carbons (Fsp3) is 0.429. The molecule has 0 aliphatic rings. The van der Waals surface area contributed by atoms with Gasteiger partial charge in [0, 0.05) is 26.7 Å². The van der Waals surface area contributed by atoms with Crippen LogP contribution in [0.4, 0.5) is 0 Å². The average Bonchev–Trinajstić information content (AvgIpc) is 2.72. The van der Waals surface area contributed by atoms with E-state index in [0.29, 0.717) is 18.7 Å². The lowest BCUT2D eigenvalue weighted by Gasteiger charge is -2.19. The number of rotatable bonds is 8. The lowest BCUT2D eigenvalue weighted by Crippen LogP contribution is -2.26. The van der Waals surface area contributed by atoms with Gasteiger partial charge in [-0.15, -0.1) is 13.2 Å². The quantitative estimate of drug-likeness (QED) is 0.530. The molecule has 0 spiro atoms. The molecule has 5 nitrogen and oxygen atoms in total. The van der Waals surface area contributed by atoms with Crippen LogP contribution in [0.2, 0.25) is 0 Å². The first-order valence-electron chi connectivity index (χ1n) is 6.26. The van der Waals surface area contributed by atoms with Crippen molar-refractivity contribution in [3.8, 4) is 0 Å². The van der Waals surface area contributed by atoms with Gasteiger partial charge < -0.3 is 4.74 Å². The monoisotopic (exact) mass is 263 g/mol. The normalized spacial score (nSPS) is 10.5. The smallest absolute Gasteiger partial charge is 0.341 e. The van der Waals surface area contributed by atoms with Gasteiger partial charge in [-0.05, 0) is 6.92 Å². The fourth-order valence-electron chi connectivity index (χ4n) is 1.81. The molecule has 0 amide bonds. The van der Waals surface area contributed by atoms with Crippen LogP contribution in [-0.2, 0) is 18.3 Å². The zero-order valence-corrected chi connectivity index (χ0v) is 11.6. The van der Waals surface area contributed by atoms with E-state index in [9.17, 15) is 4.79 Å². The van der Waals surface area contributed by atoms with Crippen LogP contribution in [0.1, 0.15) is 23.0 Å². The van der Waals surface area contributed by atoms with Crippen molar-refractivity contribution in [1.82, 2.24) is 14.7 Å². The standard InChI is InChI=1S/C14H21N3O2/c1-5-8-17(9-6-2)11-13-12(10-15-16(13)4)14(18)19-7-3/h5-6,10H,1-2,7-9,11H2,3-4H3. The highest BCUT2D eigenvalue weighted by Gasteiger charge is 2.18. The predicted molar refractivity (Wildman–Crippen MR) is 74.8 cm³/mol. The zero-order valence-electron chi connectivity index (χ0n) is 11.6. The molecule has 0 aliphatic carbocycles. The minimum absolute atomic E-state index is 0.331. The number of carbonyl (C=O) groups excluding carboxylic acids is 1. The second kappa shape index (κ2) is 7.53. The van der Waals surface area contributed by atoms with E-state index in [1.54, 1.807) is 17.8 Å². The third-order valence-electron chi connectivity index (χ3n) is 2.70. The number of hydrogen-bond acceptors (Lipinski definition) is 4. The molecule has 104 valence electrons. The third kappa shape index (κ3) is 4.06. The highest BCUT2D eigenvalue weighted by Crippen LogP contribution is 2.12. The molecule has 0 radical (unpaired) electrons. The average molecular weight is 263 g/mol. The van der Waals surface area contributed by atoms with Crippen LogP contribution in [0.25, 0.3) is 0 Å². The summed E-state index contributed by atoms with van der Waals surface area (Å²) in [7, 11) is 1.82. The van der Waals surface area contributed by atoms with Crippen molar-refractivity contribution in [2.24, 2.45) is 7.05 Å². The highest BCUT2D eigenvalue weighted by atomic mass is 16.5. The Bertz CT molecular complexity index is 442. The summed E-state index contributed by atoms with van der Waals surface area (Å²) in [6.45, 7) is 11.7. The molecule has 1 rings (SSSR count). The van der Waals surface area contributed by atoms with Gasteiger partial charge in [0.05, 0.1) is 18.5 Å². The SMILES string of the molecule is C=CCN(CC=C)Cc1c(C(=O)OCC)cnn1C. The van der Waals surface area contributed by atoms with Gasteiger partial charge in [0.15, 0.2) is 0 Å². The molecule has 19 heavy (non-hydrogen) atoms. The third-order valence-corrected chi connectivity index (χ3v) is 2.70. The second-order valence-electron chi connectivity index (χ2n) is 4.12. The topological polar surface area (TPSA) is 47.4 Å². The van der Waals surface area contributed by atoms with Crippen LogP contribution >= 0.6 is 0 Å². The van der Waals surface area contributed by atoms with Gasteiger partial charge in [0.25, 0.3) is 0 Å². The van der Waals surface area contributed by atoms with E-state index in [2.05, 4.69) is 23.2 Å². The number of ether oxygens (including phenoxy) is 1. The van der Waals surface area contributed by atoms with Gasteiger partial charge in [-0.3, -0.25) is 9.58 Å². The Morgan fingerprint density at radius 2 is 2.11 bits per heavy atom. The Morgan fingerprint density at radius 3 is 2.63 bits per heavy atom. The van der Waals surface area contributed by atoms with E-state index in [4.69, 9.17) is 4.74 Å². The molecule has 1 heterocycles. The number of esters is 1. The van der Waals surface area contributed by atoms with Crippen LogP contribution in [0.3, 0.4) is 0 Å². The number of aromatic nitrogens is 2. The Labute approximate surface area is 114 Å². The minimum atomic E-state index is -0.331. The zero-order chi connectivity index (χ0) is 14.3. The number of nitrogens with zero attached hydrogens (tertiary/aromatic N) is 3. The van der Waals surface area contributed by atoms with Gasteiger partial charge in [0.1, 0.15) is 5.56 Å². The highest BCUT2D eigenvalue weighted by molar-refractivity contribution is 5.90. The molecule has 0 atom stereocenters. The van der Waals surface area contributed by atoms with Crippen LogP contribution in [0.15, 0.2) is 31.5 Å². The van der Waals surface area contributed by atoms with E-state index >= 15 is 0 Å². The molecule has 0 aromatic carbocycles. The lowest BCUT2D eigenvalue weighted by atomic mass is 10.2. The molecule has 0 unspecified atom stereocenters. The van der Waals surface area contributed by atoms with Crippen molar-refractivity contribution in [3.63, 3.8) is 0 Å². The second-order valence-corrected chi connectivity index (χ2v) is 4.12. The number of hydrogen-bond donors (Lipinski definition) is 0. The van der Waals surface area contributed by atoms with Crippen LogP contribution in [0, 0.1) is 0 Å². The Kier molecular flexibility index (Phi) is 6.02. The lowest BCUT2D eigenvalue weighted by molar-refractivity contribution is 0.0524. The summed E-state index contributed by atoms with van der Waals surface area (Å²) < 4.78 is 6.73. The van der Waals surface area contributed by atoms with Gasteiger partial charge in [-0.2, -0.15) is 5.10 Å². The van der Waals surface area contributed by atoms with Crippen molar-refractivity contribution in [3.05, 3.63) is 42.8 Å². The summed E-state index contributed by atoms with van der Waals surface area (Å²) >= 11 is 0. The molecule has 1 aromatic heterocycles.